The standard InChI is InChI=1S/C24H17F2NO2S2/c25-18-10-5-16(6-11-18)23(17-7-12-19(26)13-8-17)31(28,29)24-27-22-20-4-2-1-3-15(20)9-14-21(22)30-24/h1-8,10-13,23H,9,14H2. The number of hydrogen-bond donors (Lipinski definition) is 0. The van der Waals surface area contributed by atoms with Gasteiger partial charge in [0.05, 0.1) is 5.69 Å². The normalized spacial score (nSPS) is 13.1. The minimum absolute atomic E-state index is 0.0212. The van der Waals surface area contributed by atoms with Crippen LogP contribution in [0.1, 0.15) is 26.8 Å². The summed E-state index contributed by atoms with van der Waals surface area (Å²) >= 11 is 1.18. The number of benzene rings is 3. The number of sulfone groups is 1. The molecule has 0 aliphatic heterocycles. The van der Waals surface area contributed by atoms with E-state index in [4.69, 9.17) is 0 Å². The Bertz CT molecular complexity index is 1320. The van der Waals surface area contributed by atoms with Gasteiger partial charge < -0.3 is 0 Å². The molecule has 0 saturated heterocycles. The van der Waals surface area contributed by atoms with Gasteiger partial charge in [0, 0.05) is 10.4 Å². The molecule has 0 spiro atoms. The fraction of sp³-hybridized carbons (Fsp3) is 0.125. The molecule has 0 bridgehead atoms. The Morgan fingerprint density at radius 2 is 1.39 bits per heavy atom. The maximum Gasteiger partial charge on any atom is 0.216 e. The second-order valence-corrected chi connectivity index (χ2v) is 10.7. The van der Waals surface area contributed by atoms with E-state index in [2.05, 4.69) is 4.98 Å². The number of aryl methyl sites for hydroxylation is 2. The molecule has 0 saturated carbocycles. The predicted molar refractivity (Wildman–Crippen MR) is 117 cm³/mol. The molecule has 0 fully saturated rings. The summed E-state index contributed by atoms with van der Waals surface area (Å²) in [7, 11) is -3.97. The van der Waals surface area contributed by atoms with Crippen molar-refractivity contribution in [1.29, 1.82) is 0 Å². The maximum atomic E-state index is 13.8. The van der Waals surface area contributed by atoms with Crippen LogP contribution in [0.3, 0.4) is 0 Å². The van der Waals surface area contributed by atoms with Crippen LogP contribution >= 0.6 is 11.3 Å². The molecule has 0 atom stereocenters. The Balaban J connectivity index is 1.66. The van der Waals surface area contributed by atoms with Crippen LogP contribution in [0.4, 0.5) is 8.78 Å². The van der Waals surface area contributed by atoms with Gasteiger partial charge in [-0.1, -0.05) is 48.5 Å². The van der Waals surface area contributed by atoms with Gasteiger partial charge in [-0.25, -0.2) is 22.2 Å². The first-order chi connectivity index (χ1) is 14.9. The summed E-state index contributed by atoms with van der Waals surface area (Å²) in [4.78, 5) is 5.49. The molecule has 0 radical (unpaired) electrons. The fourth-order valence-electron chi connectivity index (χ4n) is 3.98. The summed E-state index contributed by atoms with van der Waals surface area (Å²) in [5.74, 6) is -0.916. The Hall–Kier alpha value is -2.90. The van der Waals surface area contributed by atoms with Gasteiger partial charge in [0.15, 0.2) is 0 Å². The van der Waals surface area contributed by atoms with Crippen molar-refractivity contribution in [3.63, 3.8) is 0 Å². The van der Waals surface area contributed by atoms with Crippen molar-refractivity contribution >= 4 is 21.2 Å². The lowest BCUT2D eigenvalue weighted by Gasteiger charge is -2.17. The van der Waals surface area contributed by atoms with Crippen LogP contribution < -0.4 is 0 Å². The first-order valence-corrected chi connectivity index (χ1v) is 12.1. The van der Waals surface area contributed by atoms with Gasteiger partial charge in [-0.05, 0) is 53.8 Å². The van der Waals surface area contributed by atoms with Crippen LogP contribution in [-0.2, 0) is 22.7 Å². The average Bonchev–Trinajstić information content (AvgIpc) is 3.23. The van der Waals surface area contributed by atoms with Crippen molar-refractivity contribution in [2.45, 2.75) is 22.4 Å². The highest BCUT2D eigenvalue weighted by atomic mass is 32.2. The summed E-state index contributed by atoms with van der Waals surface area (Å²) in [5.41, 5.74) is 3.63. The molecule has 4 aromatic rings. The lowest BCUT2D eigenvalue weighted by molar-refractivity contribution is 0.587. The molecule has 0 N–H and O–H groups in total. The smallest absolute Gasteiger partial charge is 0.216 e. The van der Waals surface area contributed by atoms with E-state index in [1.807, 2.05) is 24.3 Å². The van der Waals surface area contributed by atoms with Crippen molar-refractivity contribution in [2.75, 3.05) is 0 Å². The van der Waals surface area contributed by atoms with E-state index in [1.165, 1.54) is 59.9 Å². The lowest BCUT2D eigenvalue weighted by atomic mass is 9.94. The summed E-state index contributed by atoms with van der Waals surface area (Å²) in [5, 5.41) is -1.11. The average molecular weight is 454 g/mol. The van der Waals surface area contributed by atoms with Gasteiger partial charge in [0.2, 0.25) is 14.2 Å². The number of halogens is 2. The Morgan fingerprint density at radius 3 is 2.00 bits per heavy atom. The molecule has 1 aliphatic rings. The third kappa shape index (κ3) is 3.58. The zero-order valence-corrected chi connectivity index (χ0v) is 17.9. The molecule has 156 valence electrons. The third-order valence-electron chi connectivity index (χ3n) is 5.47. The van der Waals surface area contributed by atoms with Crippen molar-refractivity contribution < 1.29 is 17.2 Å². The summed E-state index contributed by atoms with van der Waals surface area (Å²) in [6.07, 6.45) is 1.57. The molecule has 0 amide bonds. The highest BCUT2D eigenvalue weighted by molar-refractivity contribution is 7.93. The monoisotopic (exact) mass is 453 g/mol. The number of hydrogen-bond acceptors (Lipinski definition) is 4. The van der Waals surface area contributed by atoms with Crippen LogP contribution in [0, 0.1) is 11.6 Å². The summed E-state index contributed by atoms with van der Waals surface area (Å²) in [6, 6.07) is 18.6. The van der Waals surface area contributed by atoms with Gasteiger partial charge in [-0.15, -0.1) is 11.3 Å². The zero-order valence-electron chi connectivity index (χ0n) is 16.3. The highest BCUT2D eigenvalue weighted by Gasteiger charge is 2.35. The molecule has 5 rings (SSSR count). The minimum atomic E-state index is -3.97. The van der Waals surface area contributed by atoms with E-state index >= 15 is 0 Å². The zero-order chi connectivity index (χ0) is 21.6. The van der Waals surface area contributed by atoms with Gasteiger partial charge in [0.25, 0.3) is 0 Å². The van der Waals surface area contributed by atoms with Gasteiger partial charge >= 0.3 is 0 Å². The number of aromatic nitrogens is 1. The predicted octanol–water partition coefficient (Wildman–Crippen LogP) is 5.75. The Morgan fingerprint density at radius 1 is 0.806 bits per heavy atom. The largest absolute Gasteiger partial charge is 0.225 e. The van der Waals surface area contributed by atoms with E-state index in [-0.39, 0.29) is 4.34 Å². The molecule has 31 heavy (non-hydrogen) atoms. The van der Waals surface area contributed by atoms with Crippen LogP contribution in [0.25, 0.3) is 11.3 Å². The van der Waals surface area contributed by atoms with E-state index in [0.717, 1.165) is 28.8 Å². The first-order valence-electron chi connectivity index (χ1n) is 9.76. The molecule has 3 nitrogen and oxygen atoms in total. The number of fused-ring (bicyclic) bond motifs is 3. The molecule has 1 aromatic heterocycles. The van der Waals surface area contributed by atoms with Crippen LogP contribution in [0.5, 0.6) is 0 Å². The molecule has 0 unspecified atom stereocenters. The number of rotatable bonds is 4. The van der Waals surface area contributed by atoms with Crippen molar-refractivity contribution in [3.05, 3.63) is 106 Å². The quantitative estimate of drug-likeness (QED) is 0.395. The summed E-state index contributed by atoms with van der Waals surface area (Å²) < 4.78 is 54.6. The van der Waals surface area contributed by atoms with Crippen molar-refractivity contribution in [3.8, 4) is 11.3 Å². The molecule has 3 aromatic carbocycles. The minimum Gasteiger partial charge on any atom is -0.225 e. The van der Waals surface area contributed by atoms with Gasteiger partial charge in [-0.3, -0.25) is 0 Å². The number of thiazole rings is 1. The third-order valence-corrected chi connectivity index (χ3v) is 9.07. The lowest BCUT2D eigenvalue weighted by Crippen LogP contribution is -2.15. The van der Waals surface area contributed by atoms with Crippen molar-refractivity contribution in [1.82, 2.24) is 4.98 Å². The van der Waals surface area contributed by atoms with E-state index in [0.29, 0.717) is 16.8 Å². The Kier molecular flexibility index (Phi) is 4.95. The maximum absolute atomic E-state index is 13.8. The molecular formula is C24H17F2NO2S2. The van der Waals surface area contributed by atoms with Crippen LogP contribution in [0.2, 0.25) is 0 Å². The second-order valence-electron chi connectivity index (χ2n) is 7.44. The van der Waals surface area contributed by atoms with E-state index < -0.39 is 26.7 Å². The van der Waals surface area contributed by atoms with Crippen LogP contribution in [-0.4, -0.2) is 13.4 Å². The van der Waals surface area contributed by atoms with Gasteiger partial charge in [-0.2, -0.15) is 0 Å². The molecular weight excluding hydrogens is 436 g/mol. The molecule has 7 heteroatoms. The first kappa shape index (κ1) is 20.0. The summed E-state index contributed by atoms with van der Waals surface area (Å²) in [6.45, 7) is 0. The topological polar surface area (TPSA) is 47.0 Å². The van der Waals surface area contributed by atoms with Crippen LogP contribution in [0.15, 0.2) is 77.1 Å². The molecule has 1 heterocycles. The highest BCUT2D eigenvalue weighted by Crippen LogP contribution is 2.42. The number of nitrogens with zero attached hydrogens (tertiary/aromatic N) is 1. The Labute approximate surface area is 183 Å². The second kappa shape index (κ2) is 7.66. The van der Waals surface area contributed by atoms with Crippen molar-refractivity contribution in [2.24, 2.45) is 0 Å². The van der Waals surface area contributed by atoms with Gasteiger partial charge in [0.1, 0.15) is 16.9 Å². The van der Waals surface area contributed by atoms with E-state index in [9.17, 15) is 17.2 Å². The molecule has 1 aliphatic carbocycles. The van der Waals surface area contributed by atoms with E-state index in [1.54, 1.807) is 0 Å². The fourth-order valence-corrected chi connectivity index (χ4v) is 7.29. The SMILES string of the molecule is O=S(=O)(c1nc2c(s1)CCc1ccccc1-2)C(c1ccc(F)cc1)c1ccc(F)cc1.